The van der Waals surface area contributed by atoms with Crippen molar-refractivity contribution in [1.29, 1.82) is 0 Å². The Balaban J connectivity index is 1.24. The summed E-state index contributed by atoms with van der Waals surface area (Å²) in [6.45, 7) is 5.83. The van der Waals surface area contributed by atoms with Crippen LogP contribution in [-0.2, 0) is 25.5 Å². The highest BCUT2D eigenvalue weighted by Gasteiger charge is 2.46. The monoisotopic (exact) mass is 605 g/mol. The van der Waals surface area contributed by atoms with Gasteiger partial charge in [-0.25, -0.2) is 0 Å². The third kappa shape index (κ3) is 5.58. The summed E-state index contributed by atoms with van der Waals surface area (Å²) in [7, 11) is 0. The number of nitrogens with zero attached hydrogens (tertiary/aromatic N) is 3. The molecule has 0 bridgehead atoms. The van der Waals surface area contributed by atoms with Crippen LogP contribution in [0.1, 0.15) is 48.8 Å². The molecular weight excluding hydrogens is 569 g/mol. The van der Waals surface area contributed by atoms with Gasteiger partial charge in [0.25, 0.3) is 5.91 Å². The fourth-order valence-electron chi connectivity index (χ4n) is 6.92. The van der Waals surface area contributed by atoms with Crippen LogP contribution in [0.15, 0.2) is 72.8 Å². The van der Waals surface area contributed by atoms with Crippen molar-refractivity contribution in [3.8, 4) is 0 Å². The van der Waals surface area contributed by atoms with E-state index in [1.54, 1.807) is 6.07 Å². The number of halogens is 2. The van der Waals surface area contributed by atoms with Gasteiger partial charge in [-0.3, -0.25) is 9.59 Å². The molecule has 8 heteroatoms. The molecule has 3 aromatic rings. The first-order chi connectivity index (χ1) is 20.3. The zero-order valence-electron chi connectivity index (χ0n) is 24.0. The Morgan fingerprint density at radius 3 is 2.21 bits per heavy atom. The SMILES string of the molecule is Cc1ccc(C2(N3CCCC3=O)CCN(CCC3(c4ccc(Cl)c(Cl)c4)CN(c4ccccc4)C(=O)CO3)CC2)cc1. The molecule has 0 radical (unpaired) electrons. The Morgan fingerprint density at radius 1 is 0.833 bits per heavy atom. The second kappa shape index (κ2) is 12.0. The highest BCUT2D eigenvalue weighted by molar-refractivity contribution is 6.42. The maximum Gasteiger partial charge on any atom is 0.253 e. The lowest BCUT2D eigenvalue weighted by Gasteiger charge is -2.49. The molecule has 0 spiro atoms. The van der Waals surface area contributed by atoms with Gasteiger partial charge in [-0.2, -0.15) is 0 Å². The Kier molecular flexibility index (Phi) is 8.34. The van der Waals surface area contributed by atoms with Crippen LogP contribution in [0.25, 0.3) is 0 Å². The summed E-state index contributed by atoms with van der Waals surface area (Å²) in [6, 6.07) is 24.1. The standard InChI is InChI=1S/C34H37Cl2N3O3/c1-25-9-11-26(12-10-25)33(39-18-5-8-31(39)40)15-19-37(20-16-33)21-17-34(27-13-14-29(35)30(36)22-27)24-38(32(41)23-42-34)28-6-3-2-4-7-28/h2-4,6-7,9-14,22H,5,8,15-21,23-24H2,1H3. The number of hydrogen-bond donors (Lipinski definition) is 0. The number of hydrogen-bond acceptors (Lipinski definition) is 4. The molecular formula is C34H37Cl2N3O3. The van der Waals surface area contributed by atoms with E-state index in [2.05, 4.69) is 41.0 Å². The normalized spacial score (nSPS) is 23.0. The highest BCUT2D eigenvalue weighted by atomic mass is 35.5. The summed E-state index contributed by atoms with van der Waals surface area (Å²) in [5.41, 5.74) is 3.22. The van der Waals surface area contributed by atoms with Gasteiger partial charge in [0, 0.05) is 38.3 Å². The predicted molar refractivity (Wildman–Crippen MR) is 167 cm³/mol. The van der Waals surface area contributed by atoms with Crippen molar-refractivity contribution in [2.45, 2.75) is 50.2 Å². The molecule has 3 aliphatic rings. The average Bonchev–Trinajstić information content (AvgIpc) is 3.45. The molecule has 3 saturated heterocycles. The number of para-hydroxylation sites is 1. The lowest BCUT2D eigenvalue weighted by molar-refractivity contribution is -0.142. The maximum absolute atomic E-state index is 13.0. The van der Waals surface area contributed by atoms with Crippen LogP contribution in [-0.4, -0.2) is 60.9 Å². The fourth-order valence-corrected chi connectivity index (χ4v) is 7.22. The zero-order chi connectivity index (χ0) is 29.3. The number of ether oxygens (including phenoxy) is 1. The minimum Gasteiger partial charge on any atom is -0.359 e. The van der Waals surface area contributed by atoms with E-state index >= 15 is 0 Å². The molecule has 6 rings (SSSR count). The molecule has 6 nitrogen and oxygen atoms in total. The van der Waals surface area contributed by atoms with Crippen LogP contribution in [0.2, 0.25) is 10.0 Å². The molecule has 0 saturated carbocycles. The van der Waals surface area contributed by atoms with Crippen molar-refractivity contribution in [2.24, 2.45) is 0 Å². The van der Waals surface area contributed by atoms with Gasteiger partial charge in [-0.15, -0.1) is 0 Å². The second-order valence-corrected chi connectivity index (χ2v) is 12.7. The Labute approximate surface area is 258 Å². The number of carbonyl (C=O) groups excluding carboxylic acids is 2. The molecule has 3 aromatic carbocycles. The van der Waals surface area contributed by atoms with E-state index in [1.807, 2.05) is 47.4 Å². The number of rotatable bonds is 7. The number of amides is 2. The summed E-state index contributed by atoms with van der Waals surface area (Å²) in [5.74, 6) is 0.205. The molecule has 0 aliphatic carbocycles. The van der Waals surface area contributed by atoms with Gasteiger partial charge in [-0.05, 0) is 68.0 Å². The molecule has 42 heavy (non-hydrogen) atoms. The predicted octanol–water partition coefficient (Wildman–Crippen LogP) is 6.56. The Bertz CT molecular complexity index is 1440. The van der Waals surface area contributed by atoms with E-state index in [0.717, 1.165) is 56.7 Å². The molecule has 220 valence electrons. The van der Waals surface area contributed by atoms with Crippen LogP contribution >= 0.6 is 23.2 Å². The number of morpholine rings is 1. The fraction of sp³-hybridized carbons (Fsp3) is 0.412. The molecule has 1 unspecified atom stereocenters. The van der Waals surface area contributed by atoms with Crippen LogP contribution in [0.3, 0.4) is 0 Å². The van der Waals surface area contributed by atoms with E-state index in [1.165, 1.54) is 11.1 Å². The third-order valence-electron chi connectivity index (χ3n) is 9.39. The highest BCUT2D eigenvalue weighted by Crippen LogP contribution is 2.43. The van der Waals surface area contributed by atoms with Crippen molar-refractivity contribution >= 4 is 40.7 Å². The van der Waals surface area contributed by atoms with Gasteiger partial charge in [0.2, 0.25) is 5.91 Å². The van der Waals surface area contributed by atoms with Crippen LogP contribution in [0.5, 0.6) is 0 Å². The van der Waals surface area contributed by atoms with Gasteiger partial charge in [0.05, 0.1) is 22.1 Å². The summed E-state index contributed by atoms with van der Waals surface area (Å²) >= 11 is 12.8. The molecule has 3 aliphatic heterocycles. The van der Waals surface area contributed by atoms with Gasteiger partial charge in [0.15, 0.2) is 0 Å². The van der Waals surface area contributed by atoms with Crippen molar-refractivity contribution in [2.75, 3.05) is 44.2 Å². The summed E-state index contributed by atoms with van der Waals surface area (Å²) in [4.78, 5) is 32.5. The summed E-state index contributed by atoms with van der Waals surface area (Å²) in [6.07, 6.45) is 4.02. The van der Waals surface area contributed by atoms with Crippen molar-refractivity contribution in [3.63, 3.8) is 0 Å². The smallest absolute Gasteiger partial charge is 0.253 e. The van der Waals surface area contributed by atoms with Crippen molar-refractivity contribution < 1.29 is 14.3 Å². The van der Waals surface area contributed by atoms with E-state index in [-0.39, 0.29) is 24.0 Å². The summed E-state index contributed by atoms with van der Waals surface area (Å²) in [5, 5.41) is 0.957. The second-order valence-electron chi connectivity index (χ2n) is 11.9. The molecule has 3 fully saturated rings. The van der Waals surface area contributed by atoms with Gasteiger partial charge >= 0.3 is 0 Å². The Hall–Kier alpha value is -2.90. The van der Waals surface area contributed by atoms with E-state index in [4.69, 9.17) is 27.9 Å². The van der Waals surface area contributed by atoms with Gasteiger partial charge < -0.3 is 19.4 Å². The van der Waals surface area contributed by atoms with E-state index in [9.17, 15) is 9.59 Å². The number of carbonyl (C=O) groups is 2. The maximum atomic E-state index is 13.0. The van der Waals surface area contributed by atoms with Gasteiger partial charge in [-0.1, -0.05) is 77.3 Å². The third-order valence-corrected chi connectivity index (χ3v) is 10.1. The number of benzene rings is 3. The average molecular weight is 607 g/mol. The first kappa shape index (κ1) is 29.2. The molecule has 2 amide bonds. The summed E-state index contributed by atoms with van der Waals surface area (Å²) < 4.78 is 6.45. The number of likely N-dealkylation sites (tertiary alicyclic amines) is 2. The first-order valence-electron chi connectivity index (χ1n) is 14.8. The van der Waals surface area contributed by atoms with Crippen LogP contribution < -0.4 is 4.90 Å². The number of aryl methyl sites for hydroxylation is 1. The van der Waals surface area contributed by atoms with Crippen molar-refractivity contribution in [1.82, 2.24) is 9.80 Å². The first-order valence-corrected chi connectivity index (χ1v) is 15.6. The lowest BCUT2D eigenvalue weighted by Crippen LogP contribution is -2.56. The molecule has 1 atom stereocenters. The molecule has 0 N–H and O–H groups in total. The van der Waals surface area contributed by atoms with Gasteiger partial charge in [0.1, 0.15) is 12.2 Å². The molecule has 0 aromatic heterocycles. The molecule has 3 heterocycles. The van der Waals surface area contributed by atoms with Crippen LogP contribution in [0, 0.1) is 6.92 Å². The largest absolute Gasteiger partial charge is 0.359 e. The van der Waals surface area contributed by atoms with Crippen LogP contribution in [0.4, 0.5) is 5.69 Å². The van der Waals surface area contributed by atoms with E-state index < -0.39 is 5.60 Å². The van der Waals surface area contributed by atoms with E-state index in [0.29, 0.717) is 29.4 Å². The zero-order valence-corrected chi connectivity index (χ0v) is 25.5. The van der Waals surface area contributed by atoms with Crippen molar-refractivity contribution in [3.05, 3.63) is 99.5 Å². The quantitative estimate of drug-likeness (QED) is 0.306. The minimum absolute atomic E-state index is 0.0112. The number of anilines is 1. The lowest BCUT2D eigenvalue weighted by atomic mass is 9.78. The number of piperidine rings is 1. The minimum atomic E-state index is -0.742. The topological polar surface area (TPSA) is 53.1 Å². The Morgan fingerprint density at radius 2 is 1.55 bits per heavy atom.